The first-order valence-corrected chi connectivity index (χ1v) is 13.3. The first-order chi connectivity index (χ1) is 17.4. The minimum atomic E-state index is -4.38. The summed E-state index contributed by atoms with van der Waals surface area (Å²) in [7, 11) is 5.38. The summed E-state index contributed by atoms with van der Waals surface area (Å²) in [5.41, 5.74) is 1.96. The third-order valence-corrected chi connectivity index (χ3v) is 8.51. The van der Waals surface area contributed by atoms with Crippen molar-refractivity contribution in [3.8, 4) is 0 Å². The molecule has 1 fully saturated rings. The first kappa shape index (κ1) is 29.0. The van der Waals surface area contributed by atoms with Crippen LogP contribution in [0.15, 0.2) is 36.5 Å². The Morgan fingerprint density at radius 3 is 2.38 bits per heavy atom. The molecule has 37 heavy (non-hydrogen) atoms. The molecular weight excluding hydrogens is 501 g/mol. The van der Waals surface area contributed by atoms with E-state index in [0.29, 0.717) is 29.1 Å². The Morgan fingerprint density at radius 2 is 1.86 bits per heavy atom. The minimum absolute atomic E-state index is 0.0244. The third-order valence-electron chi connectivity index (χ3n) is 7.06. The Hall–Kier alpha value is -2.59. The van der Waals surface area contributed by atoms with Crippen LogP contribution >= 0.6 is 11.8 Å². The van der Waals surface area contributed by atoms with Crippen LogP contribution in [0.4, 0.5) is 13.2 Å². The number of nitrogens with one attached hydrogen (secondary N) is 2. The average Bonchev–Trinajstić information content (AvgIpc) is 3.65. The monoisotopic (exact) mass is 536 g/mol. The fraction of sp³-hybridized carbons (Fsp3) is 0.519. The summed E-state index contributed by atoms with van der Waals surface area (Å²) in [5, 5.41) is 5.39. The molecule has 0 radical (unpaired) electrons. The lowest BCUT2D eigenvalue weighted by Gasteiger charge is -2.30. The van der Waals surface area contributed by atoms with Crippen LogP contribution in [0.2, 0.25) is 0 Å². The molecule has 0 spiro atoms. The van der Waals surface area contributed by atoms with Crippen LogP contribution in [0.5, 0.6) is 0 Å². The number of carbonyl (C=O) groups is 2. The summed E-state index contributed by atoms with van der Waals surface area (Å²) in [5.74, 6) is -0.852. The molecule has 3 rings (SSSR count). The summed E-state index contributed by atoms with van der Waals surface area (Å²) in [6, 6.07) is 8.89. The molecule has 1 saturated carbocycles. The van der Waals surface area contributed by atoms with E-state index in [1.54, 1.807) is 43.9 Å². The van der Waals surface area contributed by atoms with Crippen LogP contribution in [-0.2, 0) is 10.5 Å². The summed E-state index contributed by atoms with van der Waals surface area (Å²) >= 11 is 1.62. The van der Waals surface area contributed by atoms with E-state index in [1.165, 1.54) is 6.20 Å². The number of halogens is 3. The number of aryl methyl sites for hydroxylation is 2. The molecule has 0 aliphatic heterocycles. The van der Waals surface area contributed by atoms with Crippen LogP contribution in [0.1, 0.15) is 57.9 Å². The van der Waals surface area contributed by atoms with Crippen molar-refractivity contribution >= 4 is 23.6 Å². The van der Waals surface area contributed by atoms with Gasteiger partial charge in [0, 0.05) is 49.1 Å². The number of pyridine rings is 1. The highest BCUT2D eigenvalue weighted by atomic mass is 32.2. The van der Waals surface area contributed by atoms with Crippen LogP contribution in [-0.4, -0.2) is 60.9 Å². The van der Waals surface area contributed by atoms with Crippen LogP contribution < -0.4 is 10.6 Å². The SMILES string of the molecule is CNC(=O)c1ccc(CS[C@@H](CNC(=O)C[C@H](c2ccc(C)nc2)C2(C(F)(F)F)CC2)N(C)C)c(C)c1. The number of hydrogen-bond donors (Lipinski definition) is 2. The van der Waals surface area contributed by atoms with Gasteiger partial charge in [-0.25, -0.2) is 0 Å². The topological polar surface area (TPSA) is 74.3 Å². The quantitative estimate of drug-likeness (QED) is 0.403. The van der Waals surface area contributed by atoms with E-state index in [9.17, 15) is 22.8 Å². The highest BCUT2D eigenvalue weighted by Gasteiger charge is 2.67. The molecule has 2 aromatic rings. The molecule has 202 valence electrons. The van der Waals surface area contributed by atoms with E-state index in [4.69, 9.17) is 0 Å². The number of benzene rings is 1. The van der Waals surface area contributed by atoms with Gasteiger partial charge in [0.25, 0.3) is 5.91 Å². The van der Waals surface area contributed by atoms with Crippen molar-refractivity contribution in [2.75, 3.05) is 27.7 Å². The molecule has 10 heteroatoms. The Balaban J connectivity index is 1.64. The van der Waals surface area contributed by atoms with Gasteiger partial charge in [0.05, 0.1) is 10.8 Å². The Bertz CT molecular complexity index is 1100. The molecule has 6 nitrogen and oxygen atoms in total. The van der Waals surface area contributed by atoms with Gasteiger partial charge < -0.3 is 10.6 Å². The molecule has 2 N–H and O–H groups in total. The van der Waals surface area contributed by atoms with Gasteiger partial charge >= 0.3 is 6.18 Å². The van der Waals surface area contributed by atoms with Crippen molar-refractivity contribution in [2.24, 2.45) is 5.41 Å². The molecule has 1 aliphatic rings. The van der Waals surface area contributed by atoms with E-state index >= 15 is 0 Å². The number of alkyl halides is 3. The lowest BCUT2D eigenvalue weighted by atomic mass is 9.80. The summed E-state index contributed by atoms with van der Waals surface area (Å²) in [6.07, 6.45) is -3.10. The number of likely N-dealkylation sites (N-methyl/N-ethyl adjacent to an activating group) is 1. The molecule has 1 heterocycles. The van der Waals surface area contributed by atoms with Gasteiger partial charge in [-0.15, -0.1) is 11.8 Å². The lowest BCUT2D eigenvalue weighted by Crippen LogP contribution is -2.40. The van der Waals surface area contributed by atoms with Gasteiger partial charge in [-0.1, -0.05) is 12.1 Å². The van der Waals surface area contributed by atoms with Crippen molar-refractivity contribution in [2.45, 2.75) is 56.3 Å². The average molecular weight is 537 g/mol. The molecular formula is C27H35F3N4O2S. The predicted molar refractivity (Wildman–Crippen MR) is 140 cm³/mol. The Labute approximate surface area is 220 Å². The summed E-state index contributed by atoms with van der Waals surface area (Å²) in [6.45, 7) is 4.02. The minimum Gasteiger partial charge on any atom is -0.355 e. The van der Waals surface area contributed by atoms with Gasteiger partial charge in [0.15, 0.2) is 0 Å². The second-order valence-electron chi connectivity index (χ2n) is 9.90. The van der Waals surface area contributed by atoms with E-state index in [1.807, 2.05) is 38.1 Å². The van der Waals surface area contributed by atoms with Gasteiger partial charge in [0.2, 0.25) is 5.91 Å². The van der Waals surface area contributed by atoms with Gasteiger partial charge in [0.1, 0.15) is 0 Å². The molecule has 1 aromatic carbocycles. The van der Waals surface area contributed by atoms with Gasteiger partial charge in [-0.3, -0.25) is 19.5 Å². The zero-order valence-corrected chi connectivity index (χ0v) is 22.7. The number of nitrogens with zero attached hydrogens (tertiary/aromatic N) is 2. The van der Waals surface area contributed by atoms with Crippen molar-refractivity contribution in [1.82, 2.24) is 20.5 Å². The summed E-state index contributed by atoms with van der Waals surface area (Å²) in [4.78, 5) is 30.9. The second-order valence-corrected chi connectivity index (χ2v) is 11.1. The van der Waals surface area contributed by atoms with Crippen LogP contribution in [0.3, 0.4) is 0 Å². The number of amides is 2. The second kappa shape index (κ2) is 11.9. The zero-order chi connectivity index (χ0) is 27.4. The smallest absolute Gasteiger partial charge is 0.355 e. The van der Waals surface area contributed by atoms with E-state index in [2.05, 4.69) is 15.6 Å². The molecule has 2 amide bonds. The molecule has 0 unspecified atom stereocenters. The summed E-state index contributed by atoms with van der Waals surface area (Å²) < 4.78 is 41.9. The van der Waals surface area contributed by atoms with Crippen LogP contribution in [0, 0.1) is 19.3 Å². The Kier molecular flexibility index (Phi) is 9.28. The number of rotatable bonds is 11. The zero-order valence-electron chi connectivity index (χ0n) is 21.9. The highest BCUT2D eigenvalue weighted by molar-refractivity contribution is 7.99. The normalized spacial score (nSPS) is 16.2. The van der Waals surface area contributed by atoms with Crippen molar-refractivity contribution < 1.29 is 22.8 Å². The van der Waals surface area contributed by atoms with Crippen molar-refractivity contribution in [3.63, 3.8) is 0 Å². The van der Waals surface area contributed by atoms with Crippen molar-refractivity contribution in [1.29, 1.82) is 0 Å². The largest absolute Gasteiger partial charge is 0.395 e. The highest BCUT2D eigenvalue weighted by Crippen LogP contribution is 2.66. The molecule has 1 aromatic heterocycles. The van der Waals surface area contributed by atoms with Gasteiger partial charge in [-0.2, -0.15) is 13.2 Å². The molecule has 0 bridgehead atoms. The molecule has 2 atom stereocenters. The molecule has 0 saturated heterocycles. The number of thioether (sulfide) groups is 1. The Morgan fingerprint density at radius 1 is 1.16 bits per heavy atom. The fourth-order valence-corrected chi connectivity index (χ4v) is 5.66. The lowest BCUT2D eigenvalue weighted by molar-refractivity contribution is -0.194. The standard InChI is InChI=1S/C27H35F3N4O2S/c1-17-12-19(25(36)31-3)8-9-21(17)16-37-24(34(4)5)15-33-23(35)13-22(20-7-6-18(2)32-14-20)26(10-11-26)27(28,29)30/h6-9,12,14,22,24H,10-11,13,15-16H2,1-5H3,(H,31,36)(H,33,35)/t22-,24+/m1/s1. The number of aromatic nitrogens is 1. The molecule has 1 aliphatic carbocycles. The predicted octanol–water partition coefficient (Wildman–Crippen LogP) is 4.81. The van der Waals surface area contributed by atoms with E-state index in [-0.39, 0.29) is 30.5 Å². The first-order valence-electron chi connectivity index (χ1n) is 12.2. The number of hydrogen-bond acceptors (Lipinski definition) is 5. The van der Waals surface area contributed by atoms with E-state index in [0.717, 1.165) is 11.1 Å². The van der Waals surface area contributed by atoms with E-state index < -0.39 is 23.4 Å². The van der Waals surface area contributed by atoms with Crippen molar-refractivity contribution in [3.05, 3.63) is 64.5 Å². The third kappa shape index (κ3) is 7.04. The number of carbonyl (C=O) groups excluding carboxylic acids is 2. The maximum atomic E-state index is 14.0. The fourth-order valence-electron chi connectivity index (χ4n) is 4.46. The van der Waals surface area contributed by atoms with Gasteiger partial charge in [-0.05, 0) is 75.7 Å². The maximum absolute atomic E-state index is 14.0. The van der Waals surface area contributed by atoms with Crippen LogP contribution in [0.25, 0.3) is 0 Å². The maximum Gasteiger partial charge on any atom is 0.395 e.